The molecule has 0 radical (unpaired) electrons. The number of nitrogens with zero attached hydrogens (tertiary/aromatic N) is 2. The average Bonchev–Trinajstić information content (AvgIpc) is 3.16. The maximum Gasteiger partial charge on any atom is 0.255 e. The molecule has 8 nitrogen and oxygen atoms in total. The van der Waals surface area contributed by atoms with Gasteiger partial charge in [-0.3, -0.25) is 24.6 Å². The monoisotopic (exact) mass is 372 g/mol. The van der Waals surface area contributed by atoms with Gasteiger partial charge in [0.25, 0.3) is 5.91 Å². The lowest BCUT2D eigenvalue weighted by Gasteiger charge is -2.29. The molecule has 0 saturated carbocycles. The van der Waals surface area contributed by atoms with Crippen LogP contribution in [0.25, 0.3) is 0 Å². The van der Waals surface area contributed by atoms with Crippen molar-refractivity contribution in [1.82, 2.24) is 15.1 Å². The molecule has 0 aromatic heterocycles. The summed E-state index contributed by atoms with van der Waals surface area (Å²) in [4.78, 5) is 40.2. The molecular weight excluding hydrogens is 348 g/mol. The molecule has 1 aromatic carbocycles. The van der Waals surface area contributed by atoms with Crippen LogP contribution in [-0.4, -0.2) is 63.9 Å². The molecule has 8 heteroatoms. The van der Waals surface area contributed by atoms with Crippen LogP contribution in [-0.2, 0) is 22.7 Å². The molecule has 3 aliphatic heterocycles. The number of fused-ring (bicyclic) bond motifs is 1. The van der Waals surface area contributed by atoms with Crippen molar-refractivity contribution in [2.75, 3.05) is 13.1 Å². The number of hydrogen-bond acceptors (Lipinski definition) is 6. The topological polar surface area (TPSA) is 116 Å². The zero-order valence-electron chi connectivity index (χ0n) is 15.1. The summed E-state index contributed by atoms with van der Waals surface area (Å²) in [5, 5.41) is 12.3. The Morgan fingerprint density at radius 1 is 1.26 bits per heavy atom. The molecule has 1 aromatic rings. The van der Waals surface area contributed by atoms with Crippen LogP contribution in [0.4, 0.5) is 0 Å². The van der Waals surface area contributed by atoms with Crippen LogP contribution in [0.3, 0.4) is 0 Å². The van der Waals surface area contributed by atoms with Crippen molar-refractivity contribution in [1.29, 1.82) is 0 Å². The van der Waals surface area contributed by atoms with Crippen LogP contribution in [0.15, 0.2) is 18.2 Å². The van der Waals surface area contributed by atoms with Gasteiger partial charge >= 0.3 is 0 Å². The molecule has 1 unspecified atom stereocenters. The summed E-state index contributed by atoms with van der Waals surface area (Å²) < 4.78 is 0. The van der Waals surface area contributed by atoms with Crippen molar-refractivity contribution in [3.05, 3.63) is 34.9 Å². The van der Waals surface area contributed by atoms with Crippen molar-refractivity contribution in [2.45, 2.75) is 50.5 Å². The van der Waals surface area contributed by atoms with E-state index in [0.29, 0.717) is 44.6 Å². The standard InChI is InChI=1S/C19H24N4O4/c20-7-12-6-13(24)9-22(12)8-11-2-1-3-14-15(11)10-23(19(14)27)16-4-5-17(25)21-18(16)26/h1-3,12-13,16,24H,4-10,20H2,(H,21,25,26)/t12-,13+,16?/m0/s1. The third kappa shape index (κ3) is 3.24. The molecule has 2 fully saturated rings. The van der Waals surface area contributed by atoms with Crippen molar-refractivity contribution < 1.29 is 19.5 Å². The van der Waals surface area contributed by atoms with E-state index in [1.54, 1.807) is 11.0 Å². The third-order valence-corrected chi connectivity index (χ3v) is 5.83. The van der Waals surface area contributed by atoms with Gasteiger partial charge in [0.1, 0.15) is 6.04 Å². The highest BCUT2D eigenvalue weighted by Crippen LogP contribution is 2.31. The van der Waals surface area contributed by atoms with Crippen LogP contribution in [0.5, 0.6) is 0 Å². The molecule has 2 saturated heterocycles. The number of piperidine rings is 1. The van der Waals surface area contributed by atoms with Gasteiger partial charge in [-0.1, -0.05) is 12.1 Å². The van der Waals surface area contributed by atoms with E-state index in [9.17, 15) is 19.5 Å². The second-order valence-corrected chi connectivity index (χ2v) is 7.55. The normalized spacial score (nSPS) is 28.6. The molecule has 0 bridgehead atoms. The average molecular weight is 372 g/mol. The minimum absolute atomic E-state index is 0.124. The number of carbonyl (C=O) groups excluding carboxylic acids is 3. The fourth-order valence-corrected chi connectivity index (χ4v) is 4.41. The number of aliphatic hydroxyl groups excluding tert-OH is 1. The summed E-state index contributed by atoms with van der Waals surface area (Å²) >= 11 is 0. The zero-order valence-corrected chi connectivity index (χ0v) is 15.1. The van der Waals surface area contributed by atoms with Gasteiger partial charge in [-0.25, -0.2) is 0 Å². The number of likely N-dealkylation sites (tertiary alicyclic amines) is 1. The van der Waals surface area contributed by atoms with Crippen molar-refractivity contribution in [3.8, 4) is 0 Å². The van der Waals surface area contributed by atoms with Gasteiger partial charge in [-0.15, -0.1) is 0 Å². The second kappa shape index (κ2) is 7.03. The summed E-state index contributed by atoms with van der Waals surface area (Å²) in [6, 6.07) is 5.13. The first-order valence-electron chi connectivity index (χ1n) is 9.35. The van der Waals surface area contributed by atoms with Gasteiger partial charge in [0, 0.05) is 44.2 Å². The quantitative estimate of drug-likeness (QED) is 0.605. The number of benzene rings is 1. The summed E-state index contributed by atoms with van der Waals surface area (Å²) in [6.07, 6.45) is 0.879. The van der Waals surface area contributed by atoms with E-state index in [-0.39, 0.29) is 30.4 Å². The Morgan fingerprint density at radius 3 is 2.81 bits per heavy atom. The highest BCUT2D eigenvalue weighted by molar-refractivity contribution is 6.05. The Bertz CT molecular complexity index is 796. The fourth-order valence-electron chi connectivity index (χ4n) is 4.41. The Morgan fingerprint density at radius 2 is 2.07 bits per heavy atom. The zero-order chi connectivity index (χ0) is 19.1. The summed E-state index contributed by atoms with van der Waals surface area (Å²) in [5.74, 6) is -0.862. The Hall–Kier alpha value is -2.29. The Balaban J connectivity index is 1.56. The summed E-state index contributed by atoms with van der Waals surface area (Å²) in [5.41, 5.74) is 8.38. The lowest BCUT2D eigenvalue weighted by Crippen LogP contribution is -2.52. The summed E-state index contributed by atoms with van der Waals surface area (Å²) in [7, 11) is 0. The molecular formula is C19H24N4O4. The highest BCUT2D eigenvalue weighted by atomic mass is 16.3. The van der Waals surface area contributed by atoms with Crippen LogP contribution < -0.4 is 11.1 Å². The molecule has 144 valence electrons. The number of β-amino-alcohol motifs (C(OH)–C–C–N with tert-alkyl or cyclic N) is 1. The molecule has 3 atom stereocenters. The first-order chi connectivity index (χ1) is 13.0. The molecule has 27 heavy (non-hydrogen) atoms. The lowest BCUT2D eigenvalue weighted by molar-refractivity contribution is -0.136. The SMILES string of the molecule is NC[C@@H]1C[C@@H](O)CN1Cc1cccc2c1CN(C1CCC(=O)NC1=O)C2=O. The smallest absolute Gasteiger partial charge is 0.255 e. The number of nitrogens with two attached hydrogens (primary N) is 1. The highest BCUT2D eigenvalue weighted by Gasteiger charge is 2.40. The first-order valence-corrected chi connectivity index (χ1v) is 9.35. The van der Waals surface area contributed by atoms with Gasteiger partial charge in [-0.05, 0) is 30.0 Å². The number of nitrogens with one attached hydrogen (secondary N) is 1. The van der Waals surface area contributed by atoms with Crippen LogP contribution in [0, 0.1) is 0 Å². The molecule has 3 aliphatic rings. The van der Waals surface area contributed by atoms with Gasteiger partial charge in [0.05, 0.1) is 6.10 Å². The second-order valence-electron chi connectivity index (χ2n) is 7.55. The van der Waals surface area contributed by atoms with E-state index in [2.05, 4.69) is 10.2 Å². The van der Waals surface area contributed by atoms with E-state index in [1.807, 2.05) is 12.1 Å². The summed E-state index contributed by atoms with van der Waals surface area (Å²) in [6.45, 7) is 2.02. The van der Waals surface area contributed by atoms with E-state index >= 15 is 0 Å². The molecule has 0 aliphatic carbocycles. The molecule has 4 N–H and O–H groups in total. The predicted octanol–water partition coefficient (Wildman–Crippen LogP) is -0.658. The van der Waals surface area contributed by atoms with Crippen molar-refractivity contribution in [3.63, 3.8) is 0 Å². The van der Waals surface area contributed by atoms with Gasteiger partial charge in [0.2, 0.25) is 11.8 Å². The van der Waals surface area contributed by atoms with E-state index in [1.165, 1.54) is 0 Å². The maximum absolute atomic E-state index is 12.9. The fraction of sp³-hybridized carbons (Fsp3) is 0.526. The van der Waals surface area contributed by atoms with Crippen LogP contribution in [0.1, 0.15) is 40.7 Å². The van der Waals surface area contributed by atoms with Gasteiger partial charge < -0.3 is 15.7 Å². The maximum atomic E-state index is 12.9. The largest absolute Gasteiger partial charge is 0.392 e. The Kier molecular flexibility index (Phi) is 4.71. The number of imide groups is 1. The van der Waals surface area contributed by atoms with Crippen LogP contribution >= 0.6 is 0 Å². The first kappa shape index (κ1) is 18.1. The number of hydrogen-bond donors (Lipinski definition) is 3. The van der Waals surface area contributed by atoms with Gasteiger partial charge in [0.15, 0.2) is 0 Å². The molecule has 3 amide bonds. The molecule has 4 rings (SSSR count). The van der Waals surface area contributed by atoms with E-state index < -0.39 is 11.9 Å². The van der Waals surface area contributed by atoms with Crippen molar-refractivity contribution in [2.24, 2.45) is 5.73 Å². The number of amides is 3. The molecule has 0 spiro atoms. The number of aliphatic hydroxyl groups is 1. The van der Waals surface area contributed by atoms with Gasteiger partial charge in [-0.2, -0.15) is 0 Å². The van der Waals surface area contributed by atoms with Crippen molar-refractivity contribution >= 4 is 17.7 Å². The minimum Gasteiger partial charge on any atom is -0.392 e. The third-order valence-electron chi connectivity index (χ3n) is 5.83. The Labute approximate surface area is 157 Å². The minimum atomic E-state index is -0.610. The van der Waals surface area contributed by atoms with Crippen LogP contribution in [0.2, 0.25) is 0 Å². The lowest BCUT2D eigenvalue weighted by atomic mass is 10.0. The molecule has 3 heterocycles. The predicted molar refractivity (Wildman–Crippen MR) is 96.4 cm³/mol. The number of carbonyl (C=O) groups is 3. The van der Waals surface area contributed by atoms with E-state index in [0.717, 1.165) is 11.1 Å². The van der Waals surface area contributed by atoms with E-state index in [4.69, 9.17) is 5.73 Å². The number of rotatable bonds is 4.